The van der Waals surface area contributed by atoms with Gasteiger partial charge in [0.15, 0.2) is 17.5 Å². The number of hydrogen-bond donors (Lipinski definition) is 0. The van der Waals surface area contributed by atoms with Crippen LogP contribution in [0.25, 0.3) is 67.2 Å². The molecule has 1 aromatic heterocycles. The third-order valence-corrected chi connectivity index (χ3v) is 13.7. The van der Waals surface area contributed by atoms with E-state index in [9.17, 15) is 5.26 Å². The Balaban J connectivity index is 0.987. The molecular formula is C54H42N4. The smallest absolute Gasteiger partial charge is 0.164 e. The first-order valence-corrected chi connectivity index (χ1v) is 20.7. The summed E-state index contributed by atoms with van der Waals surface area (Å²) in [6.45, 7) is 0. The van der Waals surface area contributed by atoms with Crippen molar-refractivity contribution < 1.29 is 0 Å². The summed E-state index contributed by atoms with van der Waals surface area (Å²) in [6.07, 6.45) is 6.66. The Morgan fingerprint density at radius 2 is 0.776 bits per heavy atom. The van der Waals surface area contributed by atoms with E-state index in [0.29, 0.717) is 34.9 Å². The summed E-state index contributed by atoms with van der Waals surface area (Å²) in [5.74, 6) is 5.02. The molecule has 58 heavy (non-hydrogen) atoms. The highest BCUT2D eigenvalue weighted by molar-refractivity contribution is 6.05. The minimum atomic E-state index is -0.0322. The number of aromatic nitrogens is 3. The Kier molecular flexibility index (Phi) is 8.36. The molecule has 4 heteroatoms. The normalized spacial score (nSPS) is 21.8. The SMILES string of the molecule is N#Cc1ccc(-c2ccc(-c3ccc(C4(c5ccc(-c6nc(-c7ccccc7)nc(-c7ccccc7)n6)cc5)C5CC6CC(C5)CC4C6)cc3)c3ccccc23)cc1. The monoisotopic (exact) mass is 746 g/mol. The highest BCUT2D eigenvalue weighted by Crippen LogP contribution is 2.65. The Morgan fingerprint density at radius 1 is 0.397 bits per heavy atom. The maximum atomic E-state index is 9.36. The van der Waals surface area contributed by atoms with E-state index < -0.39 is 0 Å². The second-order valence-electron chi connectivity index (χ2n) is 16.8. The highest BCUT2D eigenvalue weighted by atomic mass is 15.0. The predicted molar refractivity (Wildman–Crippen MR) is 233 cm³/mol. The summed E-state index contributed by atoms with van der Waals surface area (Å²) in [5.41, 5.74) is 11.3. The van der Waals surface area contributed by atoms with E-state index in [1.54, 1.807) is 0 Å². The molecule has 4 aliphatic carbocycles. The van der Waals surface area contributed by atoms with Crippen LogP contribution in [-0.2, 0) is 5.41 Å². The van der Waals surface area contributed by atoms with Crippen molar-refractivity contribution in [3.05, 3.63) is 187 Å². The van der Waals surface area contributed by atoms with E-state index in [-0.39, 0.29) is 5.41 Å². The molecule has 4 bridgehead atoms. The number of benzene rings is 7. The molecule has 7 aromatic carbocycles. The third kappa shape index (κ3) is 5.76. The highest BCUT2D eigenvalue weighted by Gasteiger charge is 2.58. The number of hydrogen-bond acceptors (Lipinski definition) is 4. The van der Waals surface area contributed by atoms with Gasteiger partial charge in [0, 0.05) is 22.1 Å². The first-order valence-electron chi connectivity index (χ1n) is 20.7. The van der Waals surface area contributed by atoms with Crippen molar-refractivity contribution in [3.63, 3.8) is 0 Å². The van der Waals surface area contributed by atoms with Crippen LogP contribution in [0.2, 0.25) is 0 Å². The van der Waals surface area contributed by atoms with Crippen LogP contribution in [0.5, 0.6) is 0 Å². The van der Waals surface area contributed by atoms with Crippen LogP contribution < -0.4 is 0 Å². The summed E-state index contributed by atoms with van der Waals surface area (Å²) in [6, 6.07) is 62.8. The molecule has 4 fully saturated rings. The van der Waals surface area contributed by atoms with E-state index in [2.05, 4.69) is 127 Å². The minimum absolute atomic E-state index is 0.0322. The summed E-state index contributed by atoms with van der Waals surface area (Å²) in [5, 5.41) is 11.8. The van der Waals surface area contributed by atoms with Gasteiger partial charge in [-0.25, -0.2) is 15.0 Å². The maximum absolute atomic E-state index is 9.36. The van der Waals surface area contributed by atoms with Gasteiger partial charge in [0.25, 0.3) is 0 Å². The van der Waals surface area contributed by atoms with Gasteiger partial charge in [0.2, 0.25) is 0 Å². The molecular weight excluding hydrogens is 705 g/mol. The molecule has 4 saturated carbocycles. The van der Waals surface area contributed by atoms with Crippen LogP contribution in [0.1, 0.15) is 48.8 Å². The molecule has 0 N–H and O–H groups in total. The second kappa shape index (κ2) is 14.0. The van der Waals surface area contributed by atoms with Crippen LogP contribution in [-0.4, -0.2) is 15.0 Å². The lowest BCUT2D eigenvalue weighted by atomic mass is 9.42. The fourth-order valence-corrected chi connectivity index (χ4v) is 11.3. The van der Waals surface area contributed by atoms with E-state index in [4.69, 9.17) is 15.0 Å². The molecule has 0 spiro atoms. The van der Waals surface area contributed by atoms with Crippen molar-refractivity contribution in [3.8, 4) is 62.5 Å². The maximum Gasteiger partial charge on any atom is 0.164 e. The number of nitrogens with zero attached hydrogens (tertiary/aromatic N) is 4. The van der Waals surface area contributed by atoms with Crippen molar-refractivity contribution in [2.24, 2.45) is 23.7 Å². The largest absolute Gasteiger partial charge is 0.208 e. The summed E-state index contributed by atoms with van der Waals surface area (Å²) in [7, 11) is 0. The van der Waals surface area contributed by atoms with E-state index in [1.807, 2.05) is 48.5 Å². The number of fused-ring (bicyclic) bond motifs is 1. The van der Waals surface area contributed by atoms with Crippen molar-refractivity contribution in [1.29, 1.82) is 5.26 Å². The van der Waals surface area contributed by atoms with Gasteiger partial charge in [-0.15, -0.1) is 0 Å². The predicted octanol–water partition coefficient (Wildman–Crippen LogP) is 13.0. The van der Waals surface area contributed by atoms with Gasteiger partial charge in [-0.1, -0.05) is 158 Å². The molecule has 4 aliphatic rings. The van der Waals surface area contributed by atoms with E-state index in [0.717, 1.165) is 34.1 Å². The topological polar surface area (TPSA) is 62.5 Å². The number of nitriles is 1. The Morgan fingerprint density at radius 3 is 1.21 bits per heavy atom. The lowest BCUT2D eigenvalue weighted by Gasteiger charge is -2.62. The van der Waals surface area contributed by atoms with Crippen molar-refractivity contribution in [1.82, 2.24) is 15.0 Å². The zero-order valence-corrected chi connectivity index (χ0v) is 32.3. The van der Waals surface area contributed by atoms with Crippen LogP contribution in [0.3, 0.4) is 0 Å². The molecule has 0 radical (unpaired) electrons. The molecule has 0 atom stereocenters. The summed E-state index contributed by atoms with van der Waals surface area (Å²) < 4.78 is 0. The average molecular weight is 747 g/mol. The van der Waals surface area contributed by atoms with Crippen molar-refractivity contribution in [2.75, 3.05) is 0 Å². The van der Waals surface area contributed by atoms with Crippen molar-refractivity contribution >= 4 is 10.8 Å². The Hall–Kier alpha value is -6.70. The van der Waals surface area contributed by atoms with Crippen LogP contribution in [0, 0.1) is 35.0 Å². The first kappa shape index (κ1) is 34.5. The zero-order valence-electron chi connectivity index (χ0n) is 32.3. The van der Waals surface area contributed by atoms with Gasteiger partial charge in [-0.05, 0) is 112 Å². The van der Waals surface area contributed by atoms with Gasteiger partial charge in [0.1, 0.15) is 0 Å². The molecule has 0 unspecified atom stereocenters. The molecule has 4 nitrogen and oxygen atoms in total. The van der Waals surface area contributed by atoms with Gasteiger partial charge in [0.05, 0.1) is 11.6 Å². The van der Waals surface area contributed by atoms with Crippen LogP contribution in [0.4, 0.5) is 0 Å². The lowest BCUT2D eigenvalue weighted by Crippen LogP contribution is -2.56. The van der Waals surface area contributed by atoms with Crippen LogP contribution in [0.15, 0.2) is 170 Å². The molecule has 12 rings (SSSR count). The molecule has 0 amide bonds. The Bertz CT molecular complexity index is 2740. The van der Waals surface area contributed by atoms with Gasteiger partial charge >= 0.3 is 0 Å². The molecule has 278 valence electrons. The number of rotatable bonds is 7. The third-order valence-electron chi connectivity index (χ3n) is 13.7. The van der Waals surface area contributed by atoms with Gasteiger partial charge < -0.3 is 0 Å². The standard InChI is InChI=1S/C54H42N4/c55-34-35-15-17-38(18-16-35)47-27-28-48(50-14-8-7-13-49(47)50)39-19-23-43(24-20-39)54(45-30-36-29-37(32-45)33-46(54)31-36)44-25-21-42(22-26-44)53-57-51(40-9-3-1-4-10-40)56-52(58-53)41-11-5-2-6-12-41/h1-28,36-37,45-46H,29-33H2. The Labute approximate surface area is 340 Å². The fraction of sp³-hybridized carbons (Fsp3) is 0.185. The molecule has 0 saturated heterocycles. The van der Waals surface area contributed by atoms with E-state index in [1.165, 1.54) is 70.7 Å². The second-order valence-corrected chi connectivity index (χ2v) is 16.8. The van der Waals surface area contributed by atoms with Gasteiger partial charge in [-0.3, -0.25) is 0 Å². The molecule has 8 aromatic rings. The molecule has 0 aliphatic heterocycles. The summed E-state index contributed by atoms with van der Waals surface area (Å²) >= 11 is 0. The van der Waals surface area contributed by atoms with Crippen molar-refractivity contribution in [2.45, 2.75) is 37.5 Å². The quantitative estimate of drug-likeness (QED) is 0.163. The fourth-order valence-electron chi connectivity index (χ4n) is 11.3. The van der Waals surface area contributed by atoms with Crippen LogP contribution >= 0.6 is 0 Å². The summed E-state index contributed by atoms with van der Waals surface area (Å²) in [4.78, 5) is 15.0. The minimum Gasteiger partial charge on any atom is -0.208 e. The van der Waals surface area contributed by atoms with Gasteiger partial charge in [-0.2, -0.15) is 5.26 Å². The molecule has 1 heterocycles. The van der Waals surface area contributed by atoms with E-state index >= 15 is 0 Å². The first-order chi connectivity index (χ1) is 28.6. The lowest BCUT2D eigenvalue weighted by molar-refractivity contribution is -0.0418. The average Bonchev–Trinajstić information content (AvgIpc) is 3.29. The zero-order chi connectivity index (χ0) is 38.6.